The highest BCUT2D eigenvalue weighted by molar-refractivity contribution is 5.85. The van der Waals surface area contributed by atoms with Crippen molar-refractivity contribution in [2.24, 2.45) is 5.92 Å². The Bertz CT molecular complexity index is 562. The van der Waals surface area contributed by atoms with Crippen LogP contribution in [0.1, 0.15) is 50.6 Å². The van der Waals surface area contributed by atoms with E-state index in [1.165, 1.54) is 12.8 Å². The van der Waals surface area contributed by atoms with Crippen molar-refractivity contribution in [3.63, 3.8) is 0 Å². The zero-order chi connectivity index (χ0) is 16.8. The Hall–Kier alpha value is -1.46. The zero-order valence-electron chi connectivity index (χ0n) is 14.9. The summed E-state index contributed by atoms with van der Waals surface area (Å²) in [5, 5.41) is 6.55. The van der Waals surface area contributed by atoms with Gasteiger partial charge in [0.25, 0.3) is 0 Å². The number of carbonyl (C=O) groups excluding carboxylic acids is 1. The van der Waals surface area contributed by atoms with Crippen LogP contribution < -0.4 is 20.1 Å². The highest BCUT2D eigenvalue weighted by Crippen LogP contribution is 2.33. The number of nitrogens with one attached hydrogen (secondary N) is 2. The van der Waals surface area contributed by atoms with Crippen LogP contribution in [0.15, 0.2) is 18.2 Å². The number of piperidine rings is 1. The number of fused-ring (bicyclic) bond motifs is 1. The third-order valence-electron chi connectivity index (χ3n) is 4.95. The molecule has 1 aromatic rings. The molecule has 1 saturated heterocycles. The van der Waals surface area contributed by atoms with Gasteiger partial charge in [0.05, 0.1) is 6.04 Å². The Labute approximate surface area is 156 Å². The maximum atomic E-state index is 12.3. The van der Waals surface area contributed by atoms with E-state index in [1.807, 2.05) is 18.2 Å². The number of amides is 1. The van der Waals surface area contributed by atoms with Gasteiger partial charge in [-0.05, 0) is 62.4 Å². The normalized spacial score (nSPS) is 18.1. The van der Waals surface area contributed by atoms with Crippen LogP contribution in [0.25, 0.3) is 0 Å². The van der Waals surface area contributed by atoms with E-state index in [1.54, 1.807) is 0 Å². The fraction of sp³-hybridized carbons (Fsp3) is 0.632. The van der Waals surface area contributed by atoms with Gasteiger partial charge in [0.2, 0.25) is 5.91 Å². The largest absolute Gasteiger partial charge is 0.486 e. The van der Waals surface area contributed by atoms with E-state index in [0.717, 1.165) is 43.0 Å². The number of hydrogen-bond acceptors (Lipinski definition) is 4. The van der Waals surface area contributed by atoms with Crippen LogP contribution in [-0.2, 0) is 4.79 Å². The molecular weight excluding hydrogens is 340 g/mol. The summed E-state index contributed by atoms with van der Waals surface area (Å²) in [6.45, 7) is 5.43. The van der Waals surface area contributed by atoms with Crippen molar-refractivity contribution in [2.75, 3.05) is 26.3 Å². The molecule has 1 aromatic carbocycles. The monoisotopic (exact) mass is 368 g/mol. The first-order valence-corrected chi connectivity index (χ1v) is 9.16. The third-order valence-corrected chi connectivity index (χ3v) is 4.95. The van der Waals surface area contributed by atoms with E-state index in [4.69, 9.17) is 9.47 Å². The number of ether oxygens (including phenoxy) is 2. The maximum Gasteiger partial charge on any atom is 0.220 e. The smallest absolute Gasteiger partial charge is 0.220 e. The number of benzene rings is 1. The molecule has 1 fully saturated rings. The van der Waals surface area contributed by atoms with Gasteiger partial charge in [0.15, 0.2) is 11.5 Å². The first kappa shape index (κ1) is 19.9. The van der Waals surface area contributed by atoms with Crippen LogP contribution in [0.4, 0.5) is 0 Å². The molecule has 140 valence electrons. The van der Waals surface area contributed by atoms with Gasteiger partial charge in [-0.2, -0.15) is 0 Å². The van der Waals surface area contributed by atoms with Gasteiger partial charge >= 0.3 is 0 Å². The first-order valence-electron chi connectivity index (χ1n) is 9.16. The molecule has 0 radical (unpaired) electrons. The summed E-state index contributed by atoms with van der Waals surface area (Å²) in [4.78, 5) is 12.3. The summed E-state index contributed by atoms with van der Waals surface area (Å²) in [7, 11) is 0. The fourth-order valence-corrected chi connectivity index (χ4v) is 3.47. The van der Waals surface area contributed by atoms with Crippen LogP contribution in [0.3, 0.4) is 0 Å². The Balaban J connectivity index is 0.00000225. The average molecular weight is 369 g/mol. The van der Waals surface area contributed by atoms with E-state index in [0.29, 0.717) is 25.6 Å². The van der Waals surface area contributed by atoms with Crippen molar-refractivity contribution in [3.05, 3.63) is 23.8 Å². The predicted octanol–water partition coefficient (Wildman–Crippen LogP) is 3.23. The number of halogens is 1. The molecule has 5 nitrogen and oxygen atoms in total. The van der Waals surface area contributed by atoms with Crippen LogP contribution in [0.5, 0.6) is 11.5 Å². The zero-order valence-corrected chi connectivity index (χ0v) is 15.7. The minimum atomic E-state index is 0. The van der Waals surface area contributed by atoms with Gasteiger partial charge in [0, 0.05) is 6.42 Å². The van der Waals surface area contributed by atoms with Crippen molar-refractivity contribution < 1.29 is 14.3 Å². The van der Waals surface area contributed by atoms with Crippen LogP contribution in [0.2, 0.25) is 0 Å². The molecule has 1 unspecified atom stereocenters. The quantitative estimate of drug-likeness (QED) is 0.809. The standard InChI is InChI=1S/C19H28N2O3.ClH/c1-2-16(15-4-5-17-18(13-15)24-12-11-23-17)21-19(22)6-3-14-7-9-20-10-8-14;/h4-5,13-14,16,20H,2-3,6-12H2,1H3,(H,21,22);1H. The van der Waals surface area contributed by atoms with Crippen molar-refractivity contribution in [2.45, 2.75) is 45.1 Å². The van der Waals surface area contributed by atoms with Gasteiger partial charge in [-0.15, -0.1) is 12.4 Å². The topological polar surface area (TPSA) is 59.6 Å². The SMILES string of the molecule is CCC(NC(=O)CCC1CCNCC1)c1ccc2c(c1)OCCO2.Cl. The molecule has 1 amide bonds. The second kappa shape index (κ2) is 9.88. The van der Waals surface area contributed by atoms with Gasteiger partial charge in [-0.25, -0.2) is 0 Å². The molecule has 6 heteroatoms. The molecule has 2 aliphatic rings. The van der Waals surface area contributed by atoms with Crippen molar-refractivity contribution in [1.82, 2.24) is 10.6 Å². The summed E-state index contributed by atoms with van der Waals surface area (Å²) < 4.78 is 11.2. The second-order valence-electron chi connectivity index (χ2n) is 6.66. The van der Waals surface area contributed by atoms with E-state index in [-0.39, 0.29) is 24.4 Å². The Morgan fingerprint density at radius 3 is 2.68 bits per heavy atom. The number of rotatable bonds is 6. The lowest BCUT2D eigenvalue weighted by atomic mass is 9.93. The first-order chi connectivity index (χ1) is 11.8. The lowest BCUT2D eigenvalue weighted by Gasteiger charge is -2.24. The molecule has 0 spiro atoms. The van der Waals surface area contributed by atoms with Crippen LogP contribution >= 0.6 is 12.4 Å². The predicted molar refractivity (Wildman–Crippen MR) is 101 cm³/mol. The average Bonchev–Trinajstić information content (AvgIpc) is 2.65. The summed E-state index contributed by atoms with van der Waals surface area (Å²) >= 11 is 0. The summed E-state index contributed by atoms with van der Waals surface area (Å²) in [5.41, 5.74) is 1.08. The van der Waals surface area contributed by atoms with E-state index in [2.05, 4.69) is 17.6 Å². The Morgan fingerprint density at radius 2 is 1.96 bits per heavy atom. The number of carbonyl (C=O) groups is 1. The maximum absolute atomic E-state index is 12.3. The van der Waals surface area contributed by atoms with Crippen molar-refractivity contribution in [3.8, 4) is 11.5 Å². The molecule has 25 heavy (non-hydrogen) atoms. The van der Waals surface area contributed by atoms with Gasteiger partial charge in [-0.1, -0.05) is 13.0 Å². The van der Waals surface area contributed by atoms with Crippen molar-refractivity contribution >= 4 is 18.3 Å². The molecule has 3 rings (SSSR count). The highest BCUT2D eigenvalue weighted by Gasteiger charge is 2.19. The van der Waals surface area contributed by atoms with E-state index < -0.39 is 0 Å². The minimum Gasteiger partial charge on any atom is -0.486 e. The molecule has 1 atom stereocenters. The molecule has 0 aliphatic carbocycles. The van der Waals surface area contributed by atoms with Gasteiger partial charge in [-0.3, -0.25) is 4.79 Å². The highest BCUT2D eigenvalue weighted by atomic mass is 35.5. The van der Waals surface area contributed by atoms with Crippen molar-refractivity contribution in [1.29, 1.82) is 0 Å². The number of hydrogen-bond donors (Lipinski definition) is 2. The fourth-order valence-electron chi connectivity index (χ4n) is 3.47. The van der Waals surface area contributed by atoms with Gasteiger partial charge < -0.3 is 20.1 Å². The molecular formula is C19H29ClN2O3. The Kier molecular flexibility index (Phi) is 7.85. The molecule has 0 aromatic heterocycles. The minimum absolute atomic E-state index is 0. The molecule has 2 N–H and O–H groups in total. The summed E-state index contributed by atoms with van der Waals surface area (Å²) in [6.07, 6.45) is 4.84. The summed E-state index contributed by atoms with van der Waals surface area (Å²) in [6, 6.07) is 5.99. The van der Waals surface area contributed by atoms with Crippen LogP contribution in [-0.4, -0.2) is 32.2 Å². The van der Waals surface area contributed by atoms with Gasteiger partial charge in [0.1, 0.15) is 13.2 Å². The third kappa shape index (κ3) is 5.51. The van der Waals surface area contributed by atoms with Crippen LogP contribution in [0, 0.1) is 5.92 Å². The molecule has 2 aliphatic heterocycles. The van der Waals surface area contributed by atoms with E-state index >= 15 is 0 Å². The Morgan fingerprint density at radius 1 is 1.24 bits per heavy atom. The lowest BCUT2D eigenvalue weighted by molar-refractivity contribution is -0.122. The summed E-state index contributed by atoms with van der Waals surface area (Å²) in [5.74, 6) is 2.40. The lowest BCUT2D eigenvalue weighted by Crippen LogP contribution is -2.31. The van der Waals surface area contributed by atoms with E-state index in [9.17, 15) is 4.79 Å². The molecule has 0 bridgehead atoms. The molecule has 2 heterocycles. The molecule has 0 saturated carbocycles. The second-order valence-corrected chi connectivity index (χ2v) is 6.66.